The van der Waals surface area contributed by atoms with Gasteiger partial charge in [0.25, 0.3) is 0 Å². The maximum absolute atomic E-state index is 2.48. The lowest BCUT2D eigenvalue weighted by Crippen LogP contribution is -2.11. The number of alkyl halides is 1. The van der Waals surface area contributed by atoms with Crippen molar-refractivity contribution < 1.29 is 0 Å². The Bertz CT molecular complexity index is 108. The smallest absolute Gasteiger partial charge is 0.000453 e. The molecule has 0 heterocycles. The summed E-state index contributed by atoms with van der Waals surface area (Å²) < 4.78 is 1.32. The van der Waals surface area contributed by atoms with Crippen molar-refractivity contribution >= 4 is 22.6 Å². The first kappa shape index (κ1) is 13.7. The summed E-state index contributed by atoms with van der Waals surface area (Å²) >= 11 is 2.48. The van der Waals surface area contributed by atoms with Gasteiger partial charge in [0.05, 0.1) is 0 Å². The molecule has 0 aliphatic carbocycles. The van der Waals surface area contributed by atoms with Crippen LogP contribution in [0, 0.1) is 5.41 Å². The number of hydrogen-bond acceptors (Lipinski definition) is 0. The van der Waals surface area contributed by atoms with Crippen LogP contribution in [0.5, 0.6) is 0 Å². The largest absolute Gasteiger partial charge is 0.0864 e. The minimum Gasteiger partial charge on any atom is -0.0864 e. The van der Waals surface area contributed by atoms with Crippen LogP contribution >= 0.6 is 22.6 Å². The highest BCUT2D eigenvalue weighted by atomic mass is 127. The Labute approximate surface area is 98.0 Å². The van der Waals surface area contributed by atoms with E-state index in [9.17, 15) is 0 Å². The molecule has 13 heavy (non-hydrogen) atoms. The van der Waals surface area contributed by atoms with Gasteiger partial charge in [0.1, 0.15) is 0 Å². The van der Waals surface area contributed by atoms with Crippen LogP contribution in [0.1, 0.15) is 65.7 Å². The van der Waals surface area contributed by atoms with Crippen molar-refractivity contribution in [2.24, 2.45) is 5.41 Å². The standard InChI is InChI=1S/C12H25I/c1-4-5-6-7-9-12(2,3)10-8-11-13/h4-11H2,1-3H3. The number of unbranched alkanes of at least 4 members (excludes halogenated alkanes) is 3. The molecule has 1 heteroatoms. The molecular weight excluding hydrogens is 271 g/mol. The van der Waals surface area contributed by atoms with Gasteiger partial charge in [-0.15, -0.1) is 0 Å². The highest BCUT2D eigenvalue weighted by Crippen LogP contribution is 2.29. The van der Waals surface area contributed by atoms with E-state index in [0.717, 1.165) is 0 Å². The lowest BCUT2D eigenvalue weighted by atomic mass is 9.83. The maximum atomic E-state index is 2.48. The predicted molar refractivity (Wildman–Crippen MR) is 70.7 cm³/mol. The molecule has 0 nitrogen and oxygen atoms in total. The van der Waals surface area contributed by atoms with Crippen LogP contribution in [0.25, 0.3) is 0 Å². The molecule has 0 unspecified atom stereocenters. The molecule has 0 aliphatic heterocycles. The van der Waals surface area contributed by atoms with E-state index in [4.69, 9.17) is 0 Å². The summed E-state index contributed by atoms with van der Waals surface area (Å²) in [5, 5.41) is 0. The van der Waals surface area contributed by atoms with Crippen molar-refractivity contribution in [3.63, 3.8) is 0 Å². The Hall–Kier alpha value is 0.730. The van der Waals surface area contributed by atoms with Crippen molar-refractivity contribution in [1.82, 2.24) is 0 Å². The van der Waals surface area contributed by atoms with Crippen molar-refractivity contribution in [1.29, 1.82) is 0 Å². The molecule has 0 aromatic heterocycles. The summed E-state index contributed by atoms with van der Waals surface area (Å²) in [7, 11) is 0. The summed E-state index contributed by atoms with van der Waals surface area (Å²) in [6, 6.07) is 0. The van der Waals surface area contributed by atoms with Gasteiger partial charge in [0, 0.05) is 0 Å². The average Bonchev–Trinajstić information content (AvgIpc) is 2.09. The van der Waals surface area contributed by atoms with Gasteiger partial charge in [-0.1, -0.05) is 69.0 Å². The topological polar surface area (TPSA) is 0 Å². The quantitative estimate of drug-likeness (QED) is 0.328. The molecule has 80 valence electrons. The van der Waals surface area contributed by atoms with Gasteiger partial charge < -0.3 is 0 Å². The van der Waals surface area contributed by atoms with Gasteiger partial charge in [0.2, 0.25) is 0 Å². The minimum atomic E-state index is 0.596. The molecular formula is C12H25I. The van der Waals surface area contributed by atoms with E-state index >= 15 is 0 Å². The summed E-state index contributed by atoms with van der Waals surface area (Å²) in [6.45, 7) is 7.12. The van der Waals surface area contributed by atoms with Gasteiger partial charge in [-0.3, -0.25) is 0 Å². The molecule has 0 amide bonds. The highest BCUT2D eigenvalue weighted by molar-refractivity contribution is 14.1. The van der Waals surface area contributed by atoms with E-state index in [1.54, 1.807) is 0 Å². The van der Waals surface area contributed by atoms with Crippen LogP contribution in [0.3, 0.4) is 0 Å². The Balaban J connectivity index is 3.39. The molecule has 0 saturated heterocycles. The van der Waals surface area contributed by atoms with Crippen molar-refractivity contribution in [3.8, 4) is 0 Å². The number of rotatable bonds is 8. The van der Waals surface area contributed by atoms with Crippen molar-refractivity contribution in [2.75, 3.05) is 4.43 Å². The van der Waals surface area contributed by atoms with E-state index in [1.807, 2.05) is 0 Å². The molecule has 0 atom stereocenters. The first-order valence-electron chi connectivity index (χ1n) is 5.68. The van der Waals surface area contributed by atoms with Crippen LogP contribution in [-0.2, 0) is 0 Å². The van der Waals surface area contributed by atoms with Crippen LogP contribution in [0.15, 0.2) is 0 Å². The minimum absolute atomic E-state index is 0.596. The van der Waals surface area contributed by atoms with E-state index < -0.39 is 0 Å². The third-order valence-electron chi connectivity index (χ3n) is 2.69. The lowest BCUT2D eigenvalue weighted by Gasteiger charge is -2.24. The molecule has 0 saturated carbocycles. The first-order valence-corrected chi connectivity index (χ1v) is 7.21. The van der Waals surface area contributed by atoms with E-state index in [1.165, 1.54) is 49.4 Å². The number of hydrogen-bond donors (Lipinski definition) is 0. The summed E-state index contributed by atoms with van der Waals surface area (Å²) in [6.07, 6.45) is 9.86. The average molecular weight is 296 g/mol. The van der Waals surface area contributed by atoms with Gasteiger partial charge in [-0.2, -0.15) is 0 Å². The van der Waals surface area contributed by atoms with Crippen LogP contribution in [-0.4, -0.2) is 4.43 Å². The molecule has 0 aliphatic rings. The van der Waals surface area contributed by atoms with Gasteiger partial charge >= 0.3 is 0 Å². The fourth-order valence-electron chi connectivity index (χ4n) is 1.70. The van der Waals surface area contributed by atoms with Crippen LogP contribution < -0.4 is 0 Å². The highest BCUT2D eigenvalue weighted by Gasteiger charge is 2.15. The maximum Gasteiger partial charge on any atom is -0.000453 e. The van der Waals surface area contributed by atoms with Crippen molar-refractivity contribution in [3.05, 3.63) is 0 Å². The molecule has 0 aromatic rings. The van der Waals surface area contributed by atoms with Gasteiger partial charge in [-0.25, -0.2) is 0 Å². The van der Waals surface area contributed by atoms with E-state index in [2.05, 4.69) is 43.4 Å². The zero-order chi connectivity index (χ0) is 10.2. The van der Waals surface area contributed by atoms with E-state index in [-0.39, 0.29) is 0 Å². The van der Waals surface area contributed by atoms with E-state index in [0.29, 0.717) is 5.41 Å². The first-order chi connectivity index (χ1) is 6.12. The molecule has 0 rings (SSSR count). The Morgan fingerprint density at radius 2 is 1.54 bits per heavy atom. The monoisotopic (exact) mass is 296 g/mol. The molecule has 0 fully saturated rings. The Morgan fingerprint density at radius 1 is 0.923 bits per heavy atom. The molecule has 0 N–H and O–H groups in total. The third-order valence-corrected chi connectivity index (χ3v) is 3.46. The second kappa shape index (κ2) is 8.07. The predicted octanol–water partition coefficient (Wildman–Crippen LogP) is 5.20. The van der Waals surface area contributed by atoms with Crippen LogP contribution in [0.4, 0.5) is 0 Å². The van der Waals surface area contributed by atoms with Gasteiger partial charge in [-0.05, 0) is 29.1 Å². The second-order valence-electron chi connectivity index (χ2n) is 4.77. The normalized spacial score (nSPS) is 12.0. The lowest BCUT2D eigenvalue weighted by molar-refractivity contribution is 0.293. The molecule has 0 spiro atoms. The zero-order valence-electron chi connectivity index (χ0n) is 9.53. The Kier molecular flexibility index (Phi) is 8.53. The molecule has 0 radical (unpaired) electrons. The fraction of sp³-hybridized carbons (Fsp3) is 1.00. The van der Waals surface area contributed by atoms with Gasteiger partial charge in [0.15, 0.2) is 0 Å². The van der Waals surface area contributed by atoms with Crippen LogP contribution in [0.2, 0.25) is 0 Å². The molecule has 0 bridgehead atoms. The zero-order valence-corrected chi connectivity index (χ0v) is 11.7. The fourth-order valence-corrected chi connectivity index (χ4v) is 2.08. The SMILES string of the molecule is CCCCCCC(C)(C)CCCI. The summed E-state index contributed by atoms with van der Waals surface area (Å²) in [5.74, 6) is 0. The summed E-state index contributed by atoms with van der Waals surface area (Å²) in [5.41, 5.74) is 0.596. The van der Waals surface area contributed by atoms with Crippen molar-refractivity contribution in [2.45, 2.75) is 65.7 Å². The third kappa shape index (κ3) is 9.04. The molecule has 0 aromatic carbocycles. The Morgan fingerprint density at radius 3 is 2.08 bits per heavy atom. The summed E-state index contributed by atoms with van der Waals surface area (Å²) in [4.78, 5) is 0. The number of halogens is 1. The second-order valence-corrected chi connectivity index (χ2v) is 5.85.